The molecule has 2 fully saturated rings. The minimum Gasteiger partial charge on any atom is -0.465 e. The molecule has 2 N–H and O–H groups in total. The van der Waals surface area contributed by atoms with Crippen molar-refractivity contribution < 1.29 is 9.90 Å². The van der Waals surface area contributed by atoms with Crippen molar-refractivity contribution in [3.05, 3.63) is 0 Å². The van der Waals surface area contributed by atoms with E-state index in [-0.39, 0.29) is 6.04 Å². The Hall–Kier alpha value is -0.770. The lowest BCUT2D eigenvalue weighted by atomic mass is 9.88. The number of amides is 1. The fourth-order valence-electron chi connectivity index (χ4n) is 3.15. The van der Waals surface area contributed by atoms with Crippen LogP contribution in [0.1, 0.15) is 44.9 Å². The molecule has 1 saturated heterocycles. The summed E-state index contributed by atoms with van der Waals surface area (Å²) >= 11 is 0. The molecule has 0 bridgehead atoms. The van der Waals surface area contributed by atoms with E-state index in [0.29, 0.717) is 5.92 Å². The summed E-state index contributed by atoms with van der Waals surface area (Å²) in [5, 5.41) is 12.7. The number of hydrogen-bond donors (Lipinski definition) is 2. The Labute approximate surface area is 103 Å². The van der Waals surface area contributed by atoms with Crippen LogP contribution in [0.4, 0.5) is 4.79 Å². The Morgan fingerprint density at radius 1 is 1.12 bits per heavy atom. The zero-order chi connectivity index (χ0) is 12.1. The standard InChI is InChI=1S/C13H24N2O2/c16-13(17)15(12-6-8-14-9-7-12)10-11-4-2-1-3-5-11/h11-12,14H,1-10H2,(H,16,17). The average molecular weight is 240 g/mol. The summed E-state index contributed by atoms with van der Waals surface area (Å²) in [6.07, 6.45) is 7.55. The van der Waals surface area contributed by atoms with E-state index in [9.17, 15) is 9.90 Å². The molecule has 0 aromatic heterocycles. The lowest BCUT2D eigenvalue weighted by Gasteiger charge is -2.35. The van der Waals surface area contributed by atoms with Crippen LogP contribution in [0.25, 0.3) is 0 Å². The van der Waals surface area contributed by atoms with Gasteiger partial charge in [-0.05, 0) is 44.7 Å². The molecule has 0 aromatic rings. The third kappa shape index (κ3) is 3.60. The quantitative estimate of drug-likeness (QED) is 0.796. The van der Waals surface area contributed by atoms with E-state index in [2.05, 4.69) is 5.32 Å². The highest BCUT2D eigenvalue weighted by atomic mass is 16.4. The van der Waals surface area contributed by atoms with Gasteiger partial charge in [0.05, 0.1) is 0 Å². The van der Waals surface area contributed by atoms with Crippen LogP contribution in [-0.2, 0) is 0 Å². The summed E-state index contributed by atoms with van der Waals surface area (Å²) in [6.45, 7) is 2.68. The molecule has 4 nitrogen and oxygen atoms in total. The largest absolute Gasteiger partial charge is 0.465 e. The summed E-state index contributed by atoms with van der Waals surface area (Å²) in [4.78, 5) is 13.1. The fourth-order valence-corrected chi connectivity index (χ4v) is 3.15. The first-order valence-electron chi connectivity index (χ1n) is 6.97. The van der Waals surface area contributed by atoms with Crippen LogP contribution in [0.2, 0.25) is 0 Å². The van der Waals surface area contributed by atoms with Gasteiger partial charge in [-0.3, -0.25) is 0 Å². The van der Waals surface area contributed by atoms with Crippen LogP contribution in [0.5, 0.6) is 0 Å². The first kappa shape index (κ1) is 12.7. The highest BCUT2D eigenvalue weighted by molar-refractivity contribution is 5.65. The number of hydrogen-bond acceptors (Lipinski definition) is 2. The summed E-state index contributed by atoms with van der Waals surface area (Å²) in [7, 11) is 0. The van der Waals surface area contributed by atoms with Crippen LogP contribution in [-0.4, -0.2) is 41.8 Å². The maximum absolute atomic E-state index is 11.4. The van der Waals surface area contributed by atoms with Gasteiger partial charge in [-0.25, -0.2) is 4.79 Å². The average Bonchev–Trinajstić information content (AvgIpc) is 2.38. The summed E-state index contributed by atoms with van der Waals surface area (Å²) < 4.78 is 0. The third-order valence-electron chi connectivity index (χ3n) is 4.17. The molecular weight excluding hydrogens is 216 g/mol. The Morgan fingerprint density at radius 2 is 1.76 bits per heavy atom. The van der Waals surface area contributed by atoms with Crippen LogP contribution in [0, 0.1) is 5.92 Å². The van der Waals surface area contributed by atoms with Gasteiger partial charge in [0.1, 0.15) is 0 Å². The van der Waals surface area contributed by atoms with Crippen LogP contribution in [0.15, 0.2) is 0 Å². The molecule has 0 aromatic carbocycles. The number of carboxylic acid groups (broad SMARTS) is 1. The van der Waals surface area contributed by atoms with Crippen molar-refractivity contribution in [1.82, 2.24) is 10.2 Å². The summed E-state index contributed by atoms with van der Waals surface area (Å²) in [5.41, 5.74) is 0. The molecule has 1 saturated carbocycles. The van der Waals surface area contributed by atoms with Crippen molar-refractivity contribution in [3.63, 3.8) is 0 Å². The molecule has 4 heteroatoms. The Bertz CT molecular complexity index is 246. The molecule has 1 amide bonds. The molecule has 1 aliphatic heterocycles. The highest BCUT2D eigenvalue weighted by Crippen LogP contribution is 2.26. The molecule has 0 atom stereocenters. The zero-order valence-electron chi connectivity index (χ0n) is 10.5. The second-order valence-electron chi connectivity index (χ2n) is 5.42. The molecule has 17 heavy (non-hydrogen) atoms. The SMILES string of the molecule is O=C(O)N(CC1CCCCC1)C1CCNCC1. The van der Waals surface area contributed by atoms with Gasteiger partial charge < -0.3 is 15.3 Å². The van der Waals surface area contributed by atoms with E-state index in [4.69, 9.17) is 0 Å². The summed E-state index contributed by atoms with van der Waals surface area (Å²) in [5.74, 6) is 0.606. The van der Waals surface area contributed by atoms with Crippen LogP contribution in [0.3, 0.4) is 0 Å². The Balaban J connectivity index is 1.88. The van der Waals surface area contributed by atoms with E-state index in [1.807, 2.05) is 0 Å². The predicted molar refractivity (Wildman–Crippen MR) is 67.2 cm³/mol. The Morgan fingerprint density at radius 3 is 2.35 bits per heavy atom. The fraction of sp³-hybridized carbons (Fsp3) is 0.923. The molecule has 2 aliphatic rings. The van der Waals surface area contributed by atoms with Gasteiger partial charge in [-0.1, -0.05) is 19.3 Å². The third-order valence-corrected chi connectivity index (χ3v) is 4.17. The van der Waals surface area contributed by atoms with E-state index in [1.54, 1.807) is 4.90 Å². The van der Waals surface area contributed by atoms with Crippen molar-refractivity contribution in [2.24, 2.45) is 5.92 Å². The molecule has 2 rings (SSSR count). The normalized spacial score (nSPS) is 23.5. The molecule has 1 aliphatic carbocycles. The number of carbonyl (C=O) groups is 1. The van der Waals surface area contributed by atoms with Gasteiger partial charge in [0.25, 0.3) is 0 Å². The Kier molecular flexibility index (Phi) is 4.66. The van der Waals surface area contributed by atoms with Gasteiger partial charge in [0.2, 0.25) is 0 Å². The van der Waals surface area contributed by atoms with Crippen molar-refractivity contribution in [2.45, 2.75) is 51.0 Å². The lowest BCUT2D eigenvalue weighted by Crippen LogP contribution is -2.47. The monoisotopic (exact) mass is 240 g/mol. The molecule has 1 heterocycles. The van der Waals surface area contributed by atoms with Gasteiger partial charge in [0, 0.05) is 12.6 Å². The minimum absolute atomic E-state index is 0.246. The maximum Gasteiger partial charge on any atom is 0.407 e. The van der Waals surface area contributed by atoms with Crippen molar-refractivity contribution in [1.29, 1.82) is 0 Å². The van der Waals surface area contributed by atoms with Crippen LogP contribution < -0.4 is 5.32 Å². The zero-order valence-corrected chi connectivity index (χ0v) is 10.5. The van der Waals surface area contributed by atoms with Crippen molar-refractivity contribution >= 4 is 6.09 Å². The minimum atomic E-state index is -0.720. The molecule has 0 unspecified atom stereocenters. The second kappa shape index (κ2) is 6.24. The van der Waals surface area contributed by atoms with Gasteiger partial charge in [-0.2, -0.15) is 0 Å². The number of nitrogens with zero attached hydrogens (tertiary/aromatic N) is 1. The van der Waals surface area contributed by atoms with Crippen molar-refractivity contribution in [2.75, 3.05) is 19.6 Å². The van der Waals surface area contributed by atoms with Crippen molar-refractivity contribution in [3.8, 4) is 0 Å². The van der Waals surface area contributed by atoms with E-state index < -0.39 is 6.09 Å². The molecule has 98 valence electrons. The maximum atomic E-state index is 11.4. The number of rotatable bonds is 3. The highest BCUT2D eigenvalue weighted by Gasteiger charge is 2.27. The molecule has 0 radical (unpaired) electrons. The van der Waals surface area contributed by atoms with Gasteiger partial charge in [0.15, 0.2) is 0 Å². The van der Waals surface area contributed by atoms with Gasteiger partial charge >= 0.3 is 6.09 Å². The van der Waals surface area contributed by atoms with E-state index >= 15 is 0 Å². The first-order valence-corrected chi connectivity index (χ1v) is 6.97. The second-order valence-corrected chi connectivity index (χ2v) is 5.42. The first-order chi connectivity index (χ1) is 8.27. The number of nitrogens with one attached hydrogen (secondary N) is 1. The molecule has 0 spiro atoms. The smallest absolute Gasteiger partial charge is 0.407 e. The molecular formula is C13H24N2O2. The van der Waals surface area contributed by atoms with Crippen LogP contribution >= 0.6 is 0 Å². The lowest BCUT2D eigenvalue weighted by molar-refractivity contribution is 0.0970. The number of piperidine rings is 1. The summed E-state index contributed by atoms with van der Waals surface area (Å²) in [6, 6.07) is 0.246. The topological polar surface area (TPSA) is 52.6 Å². The van der Waals surface area contributed by atoms with E-state index in [1.165, 1.54) is 32.1 Å². The van der Waals surface area contributed by atoms with Gasteiger partial charge in [-0.15, -0.1) is 0 Å². The predicted octanol–water partition coefficient (Wildman–Crippen LogP) is 2.30. The van der Waals surface area contributed by atoms with E-state index in [0.717, 1.165) is 32.5 Å².